The third kappa shape index (κ3) is 3.71. The van der Waals surface area contributed by atoms with Crippen molar-refractivity contribution in [3.05, 3.63) is 35.4 Å². The quantitative estimate of drug-likeness (QED) is 0.328. The number of nitrogens with one attached hydrogen (secondary N) is 1. The Morgan fingerprint density at radius 3 is 3.10 bits per heavy atom. The first-order valence-electron chi connectivity index (χ1n) is 6.63. The highest BCUT2D eigenvalue weighted by atomic mass is 16.5. The number of hydrogen-bond acceptors (Lipinski definition) is 4. The second-order valence-electron chi connectivity index (χ2n) is 4.82. The summed E-state index contributed by atoms with van der Waals surface area (Å²) in [5.74, 6) is 0.00811. The topological polar surface area (TPSA) is 96.9 Å². The predicted octanol–water partition coefficient (Wildman–Crippen LogP) is 0.824. The number of carbonyl (C=O) groups is 1. The zero-order valence-electron chi connectivity index (χ0n) is 11.2. The molecule has 6 heteroatoms. The first-order chi connectivity index (χ1) is 9.70. The number of carbonyl (C=O) groups excluding carboxylic acids is 1. The minimum Gasteiger partial charge on any atom is -0.409 e. The molecular formula is C14H19N3O3. The van der Waals surface area contributed by atoms with Crippen LogP contribution < -0.4 is 11.1 Å². The van der Waals surface area contributed by atoms with Gasteiger partial charge in [-0.15, -0.1) is 0 Å². The largest absolute Gasteiger partial charge is 0.409 e. The SMILES string of the molecule is NC(=NO)c1cccc(CNC(=O)C2CCCOC2)c1. The van der Waals surface area contributed by atoms with Crippen molar-refractivity contribution in [3.63, 3.8) is 0 Å². The summed E-state index contributed by atoms with van der Waals surface area (Å²) in [5, 5.41) is 14.5. The number of benzene rings is 1. The summed E-state index contributed by atoms with van der Waals surface area (Å²) >= 11 is 0. The second kappa shape index (κ2) is 6.91. The molecule has 1 heterocycles. The maximum Gasteiger partial charge on any atom is 0.225 e. The molecule has 1 atom stereocenters. The molecule has 6 nitrogen and oxygen atoms in total. The van der Waals surface area contributed by atoms with Gasteiger partial charge in [0, 0.05) is 18.7 Å². The lowest BCUT2D eigenvalue weighted by atomic mass is 10.0. The highest BCUT2D eigenvalue weighted by Crippen LogP contribution is 2.14. The molecule has 1 amide bonds. The molecule has 1 aliphatic rings. The number of nitrogens with zero attached hydrogens (tertiary/aromatic N) is 1. The molecule has 1 aliphatic heterocycles. The van der Waals surface area contributed by atoms with Crippen LogP contribution in [0, 0.1) is 5.92 Å². The molecule has 20 heavy (non-hydrogen) atoms. The molecule has 1 fully saturated rings. The zero-order valence-corrected chi connectivity index (χ0v) is 11.2. The normalized spacial score (nSPS) is 19.6. The number of ether oxygens (including phenoxy) is 1. The van der Waals surface area contributed by atoms with Gasteiger partial charge in [0.05, 0.1) is 12.5 Å². The molecule has 1 aromatic rings. The Balaban J connectivity index is 1.91. The van der Waals surface area contributed by atoms with E-state index in [4.69, 9.17) is 15.7 Å². The zero-order chi connectivity index (χ0) is 14.4. The summed E-state index contributed by atoms with van der Waals surface area (Å²) in [5.41, 5.74) is 7.06. The minimum absolute atomic E-state index is 0.0129. The monoisotopic (exact) mass is 277 g/mol. The summed E-state index contributed by atoms with van der Waals surface area (Å²) in [4.78, 5) is 12.0. The predicted molar refractivity (Wildman–Crippen MR) is 74.3 cm³/mol. The van der Waals surface area contributed by atoms with Crippen LogP contribution in [0.3, 0.4) is 0 Å². The van der Waals surface area contributed by atoms with Gasteiger partial charge in [-0.3, -0.25) is 4.79 Å². The maximum absolute atomic E-state index is 12.0. The van der Waals surface area contributed by atoms with Crippen LogP contribution in [0.15, 0.2) is 29.4 Å². The first-order valence-corrected chi connectivity index (χ1v) is 6.63. The Bertz CT molecular complexity index is 496. The van der Waals surface area contributed by atoms with Crippen molar-refractivity contribution in [1.29, 1.82) is 0 Å². The van der Waals surface area contributed by atoms with E-state index in [1.807, 2.05) is 6.07 Å². The van der Waals surface area contributed by atoms with Crippen LogP contribution in [0.1, 0.15) is 24.0 Å². The maximum atomic E-state index is 12.0. The molecule has 2 rings (SSSR count). The lowest BCUT2D eigenvalue weighted by Crippen LogP contribution is -2.35. The second-order valence-corrected chi connectivity index (χ2v) is 4.82. The Morgan fingerprint density at radius 2 is 2.40 bits per heavy atom. The molecule has 1 unspecified atom stereocenters. The number of amides is 1. The fraction of sp³-hybridized carbons (Fsp3) is 0.429. The van der Waals surface area contributed by atoms with Crippen LogP contribution >= 0.6 is 0 Å². The lowest BCUT2D eigenvalue weighted by Gasteiger charge is -2.21. The molecule has 1 aromatic carbocycles. The van der Waals surface area contributed by atoms with Crippen LogP contribution in [0.25, 0.3) is 0 Å². The van der Waals surface area contributed by atoms with Gasteiger partial charge in [0.15, 0.2) is 5.84 Å². The molecule has 108 valence electrons. The third-order valence-electron chi connectivity index (χ3n) is 3.33. The van der Waals surface area contributed by atoms with Gasteiger partial charge in [0.1, 0.15) is 0 Å². The lowest BCUT2D eigenvalue weighted by molar-refractivity contribution is -0.129. The summed E-state index contributed by atoms with van der Waals surface area (Å²) in [6.07, 6.45) is 1.80. The average Bonchev–Trinajstić information content (AvgIpc) is 2.53. The van der Waals surface area contributed by atoms with E-state index >= 15 is 0 Å². The summed E-state index contributed by atoms with van der Waals surface area (Å²) in [6.45, 7) is 1.66. The highest BCUT2D eigenvalue weighted by Gasteiger charge is 2.21. The molecule has 0 aliphatic carbocycles. The summed E-state index contributed by atoms with van der Waals surface area (Å²) in [6, 6.07) is 7.21. The smallest absolute Gasteiger partial charge is 0.225 e. The van der Waals surface area contributed by atoms with Gasteiger partial charge in [-0.2, -0.15) is 0 Å². The Hall–Kier alpha value is -2.08. The number of oxime groups is 1. The molecule has 4 N–H and O–H groups in total. The molecule has 0 bridgehead atoms. The number of hydrogen-bond donors (Lipinski definition) is 3. The standard InChI is InChI=1S/C14H19N3O3/c15-13(17-19)11-4-1-3-10(7-11)8-16-14(18)12-5-2-6-20-9-12/h1,3-4,7,12,19H,2,5-6,8-9H2,(H2,15,17)(H,16,18). The van der Waals surface area contributed by atoms with Gasteiger partial charge in [-0.25, -0.2) is 0 Å². The van der Waals surface area contributed by atoms with E-state index in [1.165, 1.54) is 0 Å². The van der Waals surface area contributed by atoms with Crippen LogP contribution in [0.2, 0.25) is 0 Å². The van der Waals surface area contributed by atoms with Crippen LogP contribution in [0.5, 0.6) is 0 Å². The average molecular weight is 277 g/mol. The van der Waals surface area contributed by atoms with Crippen molar-refractivity contribution in [2.24, 2.45) is 16.8 Å². The van der Waals surface area contributed by atoms with Gasteiger partial charge in [-0.1, -0.05) is 23.4 Å². The Kier molecular flexibility index (Phi) is 4.95. The van der Waals surface area contributed by atoms with Crippen molar-refractivity contribution in [3.8, 4) is 0 Å². The van der Waals surface area contributed by atoms with E-state index < -0.39 is 0 Å². The van der Waals surface area contributed by atoms with Gasteiger partial charge < -0.3 is 21.0 Å². The summed E-state index contributed by atoms with van der Waals surface area (Å²) in [7, 11) is 0. The van der Waals surface area contributed by atoms with E-state index in [-0.39, 0.29) is 17.7 Å². The van der Waals surface area contributed by atoms with E-state index in [1.54, 1.807) is 18.2 Å². The number of rotatable bonds is 4. The Labute approximate surface area is 117 Å². The number of nitrogens with two attached hydrogens (primary N) is 1. The van der Waals surface area contributed by atoms with Crippen LogP contribution in [0.4, 0.5) is 0 Å². The van der Waals surface area contributed by atoms with E-state index in [2.05, 4.69) is 10.5 Å². The molecule has 0 aromatic heterocycles. The fourth-order valence-electron chi connectivity index (χ4n) is 2.18. The molecule has 0 spiro atoms. The molecule has 0 saturated carbocycles. The van der Waals surface area contributed by atoms with Crippen LogP contribution in [-0.4, -0.2) is 30.2 Å². The minimum atomic E-state index is -0.0593. The third-order valence-corrected chi connectivity index (χ3v) is 3.33. The van der Waals surface area contributed by atoms with E-state index in [9.17, 15) is 4.79 Å². The van der Waals surface area contributed by atoms with Gasteiger partial charge in [-0.05, 0) is 24.5 Å². The van der Waals surface area contributed by atoms with E-state index in [0.29, 0.717) is 18.7 Å². The highest BCUT2D eigenvalue weighted by molar-refractivity contribution is 5.97. The van der Waals surface area contributed by atoms with E-state index in [0.717, 1.165) is 25.0 Å². The molecule has 1 saturated heterocycles. The molecular weight excluding hydrogens is 258 g/mol. The molecule has 0 radical (unpaired) electrons. The van der Waals surface area contributed by atoms with Crippen molar-refractivity contribution in [1.82, 2.24) is 5.32 Å². The van der Waals surface area contributed by atoms with Gasteiger partial charge >= 0.3 is 0 Å². The fourth-order valence-corrected chi connectivity index (χ4v) is 2.18. The first kappa shape index (κ1) is 14.3. The van der Waals surface area contributed by atoms with Crippen molar-refractivity contribution in [2.45, 2.75) is 19.4 Å². The Morgan fingerprint density at radius 1 is 1.55 bits per heavy atom. The van der Waals surface area contributed by atoms with Crippen molar-refractivity contribution >= 4 is 11.7 Å². The van der Waals surface area contributed by atoms with Gasteiger partial charge in [0.2, 0.25) is 5.91 Å². The van der Waals surface area contributed by atoms with Gasteiger partial charge in [0.25, 0.3) is 0 Å². The number of amidine groups is 1. The van der Waals surface area contributed by atoms with Crippen LogP contribution in [-0.2, 0) is 16.1 Å². The van der Waals surface area contributed by atoms with Crippen molar-refractivity contribution < 1.29 is 14.7 Å². The summed E-state index contributed by atoms with van der Waals surface area (Å²) < 4.78 is 5.30. The van der Waals surface area contributed by atoms with Crippen molar-refractivity contribution in [2.75, 3.05) is 13.2 Å².